The Morgan fingerprint density at radius 2 is 1.84 bits per heavy atom. The van der Waals surface area contributed by atoms with Crippen molar-refractivity contribution in [3.05, 3.63) is 59.4 Å². The molecule has 0 radical (unpaired) electrons. The van der Waals surface area contributed by atoms with Crippen molar-refractivity contribution in [2.24, 2.45) is 0 Å². The second kappa shape index (κ2) is 12.0. The number of aryl methyl sites for hydroxylation is 1. The predicted octanol–water partition coefficient (Wildman–Crippen LogP) is 3.95. The van der Waals surface area contributed by atoms with Crippen molar-refractivity contribution in [3.63, 3.8) is 0 Å². The molecule has 1 heterocycles. The van der Waals surface area contributed by atoms with Gasteiger partial charge in [0.05, 0.1) is 25.0 Å². The van der Waals surface area contributed by atoms with Crippen molar-refractivity contribution in [2.45, 2.75) is 52.7 Å². The number of nitrogens with zero attached hydrogens (tertiary/aromatic N) is 2. The minimum Gasteiger partial charge on any atom is -0.479 e. The van der Waals surface area contributed by atoms with E-state index in [0.717, 1.165) is 22.0 Å². The van der Waals surface area contributed by atoms with Gasteiger partial charge in [-0.1, -0.05) is 18.2 Å². The molecule has 2 rings (SSSR count). The number of pyridine rings is 1. The number of aliphatic carboxylic acids is 1. The summed E-state index contributed by atoms with van der Waals surface area (Å²) < 4.78 is 10.8. The smallest absolute Gasteiger partial charge is 0.438 e. The fourth-order valence-electron chi connectivity index (χ4n) is 2.91. The molecule has 0 aliphatic carbocycles. The third kappa shape index (κ3) is 7.99. The maximum Gasteiger partial charge on any atom is 0.438 e. The maximum absolute atomic E-state index is 12.5. The quantitative estimate of drug-likeness (QED) is 0.539. The number of hydrogen-bond acceptors (Lipinski definition) is 6. The van der Waals surface area contributed by atoms with Gasteiger partial charge in [-0.15, -0.1) is 0 Å². The second-order valence-corrected chi connectivity index (χ2v) is 7.23. The van der Waals surface area contributed by atoms with Crippen molar-refractivity contribution < 1.29 is 29.0 Å². The summed E-state index contributed by atoms with van der Waals surface area (Å²) in [7, 11) is 0. The number of anilines is 1. The number of carboxylic acids is 1. The summed E-state index contributed by atoms with van der Waals surface area (Å²) in [6, 6.07) is 12.5. The molecule has 0 aliphatic rings. The van der Waals surface area contributed by atoms with Crippen LogP contribution in [0.3, 0.4) is 0 Å². The number of aromatic nitrogens is 1. The molecule has 0 aliphatic heterocycles. The summed E-state index contributed by atoms with van der Waals surface area (Å²) in [6.45, 7) is 7.71. The molecule has 2 aromatic rings. The molecule has 1 aromatic heterocycles. The van der Waals surface area contributed by atoms with Gasteiger partial charge in [0.15, 0.2) is 6.10 Å². The van der Waals surface area contributed by atoms with Crippen LogP contribution in [0.2, 0.25) is 0 Å². The van der Waals surface area contributed by atoms with Crippen LogP contribution in [0.5, 0.6) is 0 Å². The summed E-state index contributed by atoms with van der Waals surface area (Å²) >= 11 is 0. The molecule has 1 unspecified atom stereocenters. The van der Waals surface area contributed by atoms with Gasteiger partial charge in [0.1, 0.15) is 0 Å². The van der Waals surface area contributed by atoms with Crippen molar-refractivity contribution in [3.8, 4) is 0 Å². The number of rotatable bonds is 11. The molecule has 1 N–H and O–H groups in total. The zero-order chi connectivity index (χ0) is 22.8. The van der Waals surface area contributed by atoms with E-state index in [2.05, 4.69) is 4.98 Å². The number of carbonyl (C=O) groups is 2. The van der Waals surface area contributed by atoms with Crippen LogP contribution >= 0.6 is 0 Å². The molecule has 168 valence electrons. The van der Waals surface area contributed by atoms with Crippen LogP contribution in [0.25, 0.3) is 0 Å². The normalized spacial score (nSPS) is 11.9. The molecule has 8 heteroatoms. The minimum atomic E-state index is -1.01. The Morgan fingerprint density at radius 1 is 1.13 bits per heavy atom. The highest BCUT2D eigenvalue weighted by Crippen LogP contribution is 2.19. The monoisotopic (exact) mass is 430 g/mol. The molecular formula is C23H30N2O6. The first-order valence-corrected chi connectivity index (χ1v) is 10.3. The molecule has 0 bridgehead atoms. The van der Waals surface area contributed by atoms with E-state index in [4.69, 9.17) is 14.3 Å². The van der Waals surface area contributed by atoms with Gasteiger partial charge < -0.3 is 14.6 Å². The number of carboxylic acid groups (broad SMARTS) is 1. The van der Waals surface area contributed by atoms with Gasteiger partial charge in [-0.05, 0) is 57.5 Å². The van der Waals surface area contributed by atoms with Crippen LogP contribution in [-0.4, -0.2) is 47.6 Å². The van der Waals surface area contributed by atoms with Gasteiger partial charge >= 0.3 is 12.1 Å². The van der Waals surface area contributed by atoms with E-state index in [-0.39, 0.29) is 25.7 Å². The van der Waals surface area contributed by atoms with Crippen molar-refractivity contribution in [2.75, 3.05) is 18.3 Å². The molecule has 1 atom stereocenters. The SMILES string of the molecule is CCON(C(=O)OCCc1cccc(C)n1)c1ccc(CC(OC(C)C)C(=O)O)cc1. The lowest BCUT2D eigenvalue weighted by atomic mass is 10.1. The van der Waals surface area contributed by atoms with Gasteiger partial charge in [-0.3, -0.25) is 9.82 Å². The first-order chi connectivity index (χ1) is 14.8. The summed E-state index contributed by atoms with van der Waals surface area (Å²) in [5, 5.41) is 10.4. The van der Waals surface area contributed by atoms with Gasteiger partial charge in [-0.25, -0.2) is 9.59 Å². The highest BCUT2D eigenvalue weighted by atomic mass is 16.7. The third-order valence-corrected chi connectivity index (χ3v) is 4.26. The molecule has 0 fully saturated rings. The summed E-state index contributed by atoms with van der Waals surface area (Å²) in [6.07, 6.45) is -1.05. The van der Waals surface area contributed by atoms with E-state index < -0.39 is 18.2 Å². The minimum absolute atomic E-state index is 0.170. The van der Waals surface area contributed by atoms with Crippen molar-refractivity contribution >= 4 is 17.7 Å². The van der Waals surface area contributed by atoms with Crippen molar-refractivity contribution in [1.29, 1.82) is 0 Å². The van der Waals surface area contributed by atoms with Gasteiger partial charge in [0.25, 0.3) is 0 Å². The van der Waals surface area contributed by atoms with E-state index in [0.29, 0.717) is 12.1 Å². The lowest BCUT2D eigenvalue weighted by molar-refractivity contribution is -0.153. The largest absolute Gasteiger partial charge is 0.479 e. The molecule has 0 spiro atoms. The molecule has 1 amide bonds. The first kappa shape index (κ1) is 24.3. The number of carbonyl (C=O) groups excluding carboxylic acids is 1. The summed E-state index contributed by atoms with van der Waals surface area (Å²) in [4.78, 5) is 33.7. The van der Waals surface area contributed by atoms with Crippen LogP contribution in [0.4, 0.5) is 10.5 Å². The van der Waals surface area contributed by atoms with E-state index >= 15 is 0 Å². The number of hydroxylamine groups is 1. The molecule has 8 nitrogen and oxygen atoms in total. The average molecular weight is 431 g/mol. The lowest BCUT2D eigenvalue weighted by Gasteiger charge is -2.21. The average Bonchev–Trinajstić information content (AvgIpc) is 2.72. The number of benzene rings is 1. The van der Waals surface area contributed by atoms with Crippen LogP contribution in [0.1, 0.15) is 37.7 Å². The molecule has 0 saturated carbocycles. The topological polar surface area (TPSA) is 98.2 Å². The highest BCUT2D eigenvalue weighted by molar-refractivity contribution is 5.85. The van der Waals surface area contributed by atoms with Crippen LogP contribution < -0.4 is 5.06 Å². The molecule has 31 heavy (non-hydrogen) atoms. The number of amides is 1. The van der Waals surface area contributed by atoms with E-state index in [1.165, 1.54) is 0 Å². The third-order valence-electron chi connectivity index (χ3n) is 4.26. The van der Waals surface area contributed by atoms with Gasteiger partial charge in [-0.2, -0.15) is 5.06 Å². The molecule has 0 saturated heterocycles. The Hall–Kier alpha value is -2.97. The first-order valence-electron chi connectivity index (χ1n) is 10.3. The van der Waals surface area contributed by atoms with E-state index in [1.54, 1.807) is 45.0 Å². The lowest BCUT2D eigenvalue weighted by Crippen LogP contribution is -2.32. The number of hydrogen-bond donors (Lipinski definition) is 1. The van der Waals surface area contributed by atoms with Crippen LogP contribution in [0.15, 0.2) is 42.5 Å². The standard InChI is InChI=1S/C23H30N2O6/c1-5-30-25(23(28)29-14-13-19-8-6-7-17(4)24-19)20-11-9-18(10-12-20)15-21(22(26)27)31-16(2)3/h6-12,16,21H,5,13-15H2,1-4H3,(H,26,27). The highest BCUT2D eigenvalue weighted by Gasteiger charge is 2.22. The second-order valence-electron chi connectivity index (χ2n) is 7.23. The Balaban J connectivity index is 1.99. The predicted molar refractivity (Wildman–Crippen MR) is 116 cm³/mol. The Morgan fingerprint density at radius 3 is 2.42 bits per heavy atom. The van der Waals surface area contributed by atoms with Crippen LogP contribution in [0, 0.1) is 6.92 Å². The van der Waals surface area contributed by atoms with Crippen molar-refractivity contribution in [1.82, 2.24) is 4.98 Å². The van der Waals surface area contributed by atoms with Gasteiger partial charge in [0, 0.05) is 24.2 Å². The fourth-order valence-corrected chi connectivity index (χ4v) is 2.91. The zero-order valence-corrected chi connectivity index (χ0v) is 18.4. The fraction of sp³-hybridized carbons (Fsp3) is 0.435. The maximum atomic E-state index is 12.5. The van der Waals surface area contributed by atoms with Crippen LogP contribution in [-0.2, 0) is 31.9 Å². The molecule has 1 aromatic carbocycles. The summed E-state index contributed by atoms with van der Waals surface area (Å²) in [5.41, 5.74) is 3.01. The van der Waals surface area contributed by atoms with E-state index in [1.807, 2.05) is 25.1 Å². The number of ether oxygens (including phenoxy) is 2. The molecular weight excluding hydrogens is 400 g/mol. The Labute approximate surface area is 182 Å². The summed E-state index contributed by atoms with van der Waals surface area (Å²) in [5.74, 6) is -1.01. The Bertz CT molecular complexity index is 853. The zero-order valence-electron chi connectivity index (χ0n) is 18.4. The van der Waals surface area contributed by atoms with E-state index in [9.17, 15) is 14.7 Å². The Kier molecular flexibility index (Phi) is 9.42. The van der Waals surface area contributed by atoms with Gasteiger partial charge in [0.2, 0.25) is 0 Å².